The van der Waals surface area contributed by atoms with Crippen LogP contribution in [0.15, 0.2) is 36.4 Å². The van der Waals surface area contributed by atoms with Gasteiger partial charge in [-0.05, 0) is 30.3 Å². The van der Waals surface area contributed by atoms with Crippen LogP contribution in [-0.4, -0.2) is 7.11 Å². The summed E-state index contributed by atoms with van der Waals surface area (Å²) in [5.74, 6) is 0.959. The first-order valence-corrected chi connectivity index (χ1v) is 7.34. The highest BCUT2D eigenvalue weighted by Gasteiger charge is 2.08. The molecule has 0 aliphatic rings. The standard InChI is InChI=1S/C16H13BrFNO2/c1-20-14-4-5-16(13(7-14)8-17)21-10-12-3-2-11(9-19)6-15(12)18/h2-7H,8,10H2,1H3. The predicted molar refractivity (Wildman–Crippen MR) is 81.1 cm³/mol. The van der Waals surface area contributed by atoms with Crippen LogP contribution in [-0.2, 0) is 11.9 Å². The van der Waals surface area contributed by atoms with E-state index in [2.05, 4.69) is 15.9 Å². The second-order valence-electron chi connectivity index (χ2n) is 4.31. The Hall–Kier alpha value is -2.06. The lowest BCUT2D eigenvalue weighted by molar-refractivity contribution is 0.297. The minimum absolute atomic E-state index is 0.101. The van der Waals surface area contributed by atoms with Crippen molar-refractivity contribution >= 4 is 15.9 Å². The second kappa shape index (κ2) is 7.09. The molecule has 0 atom stereocenters. The third-order valence-electron chi connectivity index (χ3n) is 2.98. The van der Waals surface area contributed by atoms with Crippen LogP contribution in [0, 0.1) is 17.1 Å². The molecule has 5 heteroatoms. The Morgan fingerprint density at radius 2 is 2.00 bits per heavy atom. The number of benzene rings is 2. The Morgan fingerprint density at radius 3 is 2.62 bits per heavy atom. The molecule has 0 aliphatic carbocycles. The van der Waals surface area contributed by atoms with Crippen LogP contribution < -0.4 is 9.47 Å². The third kappa shape index (κ3) is 3.73. The molecule has 0 aromatic heterocycles. The number of nitrogens with zero attached hydrogens (tertiary/aromatic N) is 1. The maximum Gasteiger partial charge on any atom is 0.131 e. The Labute approximate surface area is 131 Å². The van der Waals surface area contributed by atoms with E-state index in [0.717, 1.165) is 11.3 Å². The smallest absolute Gasteiger partial charge is 0.131 e. The van der Waals surface area contributed by atoms with Gasteiger partial charge in [-0.3, -0.25) is 0 Å². The number of hydrogen-bond donors (Lipinski definition) is 0. The summed E-state index contributed by atoms with van der Waals surface area (Å²) >= 11 is 3.39. The first kappa shape index (κ1) is 15.3. The predicted octanol–water partition coefficient (Wildman–Crippen LogP) is 4.18. The molecular weight excluding hydrogens is 337 g/mol. The maximum absolute atomic E-state index is 13.8. The molecule has 0 radical (unpaired) electrons. The summed E-state index contributed by atoms with van der Waals surface area (Å²) in [4.78, 5) is 0. The van der Waals surface area contributed by atoms with Gasteiger partial charge >= 0.3 is 0 Å². The lowest BCUT2D eigenvalue weighted by Gasteiger charge is -2.12. The van der Waals surface area contributed by atoms with Crippen LogP contribution in [0.3, 0.4) is 0 Å². The number of alkyl halides is 1. The van der Waals surface area contributed by atoms with E-state index in [1.165, 1.54) is 6.07 Å². The van der Waals surface area contributed by atoms with Crippen LogP contribution >= 0.6 is 15.9 Å². The van der Waals surface area contributed by atoms with Gasteiger partial charge in [0.1, 0.15) is 23.9 Å². The molecule has 0 fully saturated rings. The van der Waals surface area contributed by atoms with Gasteiger partial charge in [-0.2, -0.15) is 5.26 Å². The molecule has 2 aromatic rings. The number of halogens is 2. The minimum atomic E-state index is -0.442. The van der Waals surface area contributed by atoms with Crippen molar-refractivity contribution in [2.45, 2.75) is 11.9 Å². The van der Waals surface area contributed by atoms with Gasteiger partial charge in [0.05, 0.1) is 18.7 Å². The summed E-state index contributed by atoms with van der Waals surface area (Å²) in [6.07, 6.45) is 0. The first-order valence-electron chi connectivity index (χ1n) is 6.22. The van der Waals surface area contributed by atoms with E-state index in [9.17, 15) is 4.39 Å². The molecule has 0 bridgehead atoms. The van der Waals surface area contributed by atoms with Crippen LogP contribution in [0.5, 0.6) is 11.5 Å². The quantitative estimate of drug-likeness (QED) is 0.760. The fourth-order valence-electron chi connectivity index (χ4n) is 1.82. The average molecular weight is 350 g/mol. The van der Waals surface area contributed by atoms with Crippen LogP contribution in [0.1, 0.15) is 16.7 Å². The van der Waals surface area contributed by atoms with E-state index in [0.29, 0.717) is 22.2 Å². The highest BCUT2D eigenvalue weighted by Crippen LogP contribution is 2.27. The first-order chi connectivity index (χ1) is 10.2. The Balaban J connectivity index is 2.15. The minimum Gasteiger partial charge on any atom is -0.497 e. The van der Waals surface area contributed by atoms with Crippen molar-refractivity contribution in [2.24, 2.45) is 0 Å². The van der Waals surface area contributed by atoms with E-state index < -0.39 is 5.82 Å². The Kier molecular flexibility index (Phi) is 5.18. The van der Waals surface area contributed by atoms with Crippen molar-refractivity contribution in [1.82, 2.24) is 0 Å². The largest absolute Gasteiger partial charge is 0.497 e. The lowest BCUT2D eigenvalue weighted by atomic mass is 10.1. The SMILES string of the molecule is COc1ccc(OCc2ccc(C#N)cc2F)c(CBr)c1. The summed E-state index contributed by atoms with van der Waals surface area (Å²) in [7, 11) is 1.60. The van der Waals surface area contributed by atoms with Crippen molar-refractivity contribution in [2.75, 3.05) is 7.11 Å². The number of hydrogen-bond acceptors (Lipinski definition) is 3. The maximum atomic E-state index is 13.8. The third-order valence-corrected chi connectivity index (χ3v) is 3.58. The molecule has 0 saturated heterocycles. The van der Waals surface area contributed by atoms with Crippen LogP contribution in [0.2, 0.25) is 0 Å². The van der Waals surface area contributed by atoms with Crippen LogP contribution in [0.4, 0.5) is 4.39 Å². The number of methoxy groups -OCH3 is 1. The highest BCUT2D eigenvalue weighted by molar-refractivity contribution is 9.08. The zero-order valence-electron chi connectivity index (χ0n) is 11.4. The van der Waals surface area contributed by atoms with Gasteiger partial charge in [0, 0.05) is 16.5 Å². The second-order valence-corrected chi connectivity index (χ2v) is 4.87. The van der Waals surface area contributed by atoms with Crippen LogP contribution in [0.25, 0.3) is 0 Å². The van der Waals surface area contributed by atoms with Gasteiger partial charge in [0.15, 0.2) is 0 Å². The van der Waals surface area contributed by atoms with E-state index in [1.807, 2.05) is 12.1 Å². The summed E-state index contributed by atoms with van der Waals surface area (Å²) in [5, 5.41) is 9.32. The summed E-state index contributed by atoms with van der Waals surface area (Å²) < 4.78 is 24.6. The van der Waals surface area contributed by atoms with Crippen molar-refractivity contribution in [3.8, 4) is 17.6 Å². The zero-order valence-corrected chi connectivity index (χ0v) is 13.0. The summed E-state index contributed by atoms with van der Waals surface area (Å²) in [6, 6.07) is 11.7. The fraction of sp³-hybridized carbons (Fsp3) is 0.188. The Bertz CT molecular complexity index is 682. The van der Waals surface area contributed by atoms with E-state index in [1.54, 1.807) is 31.4 Å². The lowest BCUT2D eigenvalue weighted by Crippen LogP contribution is -2.01. The normalized spacial score (nSPS) is 10.0. The summed E-state index contributed by atoms with van der Waals surface area (Å²) in [5.41, 5.74) is 1.62. The van der Waals surface area contributed by atoms with E-state index >= 15 is 0 Å². The highest BCUT2D eigenvalue weighted by atomic mass is 79.9. The molecule has 2 rings (SSSR count). The topological polar surface area (TPSA) is 42.2 Å². The molecule has 2 aromatic carbocycles. The number of rotatable bonds is 5. The zero-order chi connectivity index (χ0) is 15.2. The molecule has 21 heavy (non-hydrogen) atoms. The molecule has 0 heterocycles. The molecule has 3 nitrogen and oxygen atoms in total. The molecule has 0 spiro atoms. The van der Waals surface area contributed by atoms with Gasteiger partial charge in [-0.1, -0.05) is 22.0 Å². The number of ether oxygens (including phenoxy) is 2. The molecule has 0 unspecified atom stereocenters. The molecule has 0 amide bonds. The Morgan fingerprint density at radius 1 is 1.19 bits per heavy atom. The average Bonchev–Trinajstić information content (AvgIpc) is 2.53. The molecular formula is C16H13BrFNO2. The van der Waals surface area contributed by atoms with Gasteiger partial charge in [-0.25, -0.2) is 4.39 Å². The van der Waals surface area contributed by atoms with E-state index in [4.69, 9.17) is 14.7 Å². The van der Waals surface area contributed by atoms with Crippen molar-refractivity contribution in [3.05, 3.63) is 58.9 Å². The fourth-order valence-corrected chi connectivity index (χ4v) is 2.26. The van der Waals surface area contributed by atoms with Crippen molar-refractivity contribution in [1.29, 1.82) is 5.26 Å². The van der Waals surface area contributed by atoms with Gasteiger partial charge < -0.3 is 9.47 Å². The van der Waals surface area contributed by atoms with E-state index in [-0.39, 0.29) is 6.61 Å². The molecule has 0 N–H and O–H groups in total. The van der Waals surface area contributed by atoms with Gasteiger partial charge in [0.25, 0.3) is 0 Å². The van der Waals surface area contributed by atoms with Crippen molar-refractivity contribution in [3.63, 3.8) is 0 Å². The van der Waals surface area contributed by atoms with Gasteiger partial charge in [0.2, 0.25) is 0 Å². The van der Waals surface area contributed by atoms with Crippen molar-refractivity contribution < 1.29 is 13.9 Å². The van der Waals surface area contributed by atoms with Gasteiger partial charge in [-0.15, -0.1) is 0 Å². The molecule has 0 aliphatic heterocycles. The monoisotopic (exact) mass is 349 g/mol. The summed E-state index contributed by atoms with van der Waals surface area (Å²) in [6.45, 7) is 0.101. The molecule has 0 saturated carbocycles. The molecule has 108 valence electrons. The number of nitriles is 1.